The van der Waals surface area contributed by atoms with Crippen LogP contribution >= 0.6 is 0 Å². The quantitative estimate of drug-likeness (QED) is 0.781. The molecule has 1 atom stereocenters. The van der Waals surface area contributed by atoms with Gasteiger partial charge in [-0.2, -0.15) is 0 Å². The summed E-state index contributed by atoms with van der Waals surface area (Å²) in [6.07, 6.45) is 1.87. The summed E-state index contributed by atoms with van der Waals surface area (Å²) >= 11 is 0. The zero-order valence-electron chi connectivity index (χ0n) is 12.4. The molecule has 118 valence electrons. The standard InChI is InChI=1S/C14H22N2O4S/c1-15-9-11-8-13(5-6-14(11)19-2)21(17,18)16-10-12-4-3-7-20-12/h5-6,8,12,15-16H,3-4,7,9-10H2,1-2H3. The second-order valence-electron chi connectivity index (χ2n) is 4.99. The molecule has 0 saturated carbocycles. The van der Waals surface area contributed by atoms with Crippen molar-refractivity contribution in [2.24, 2.45) is 0 Å². The lowest BCUT2D eigenvalue weighted by Gasteiger charge is -2.13. The molecule has 0 amide bonds. The molecule has 0 radical (unpaired) electrons. The van der Waals surface area contributed by atoms with E-state index in [1.54, 1.807) is 32.4 Å². The molecular weight excluding hydrogens is 292 g/mol. The number of hydrogen-bond donors (Lipinski definition) is 2. The van der Waals surface area contributed by atoms with Gasteiger partial charge in [0.2, 0.25) is 10.0 Å². The summed E-state index contributed by atoms with van der Waals surface area (Å²) in [6, 6.07) is 4.86. The number of nitrogens with one attached hydrogen (secondary N) is 2. The fourth-order valence-corrected chi connectivity index (χ4v) is 3.46. The van der Waals surface area contributed by atoms with E-state index in [0.717, 1.165) is 18.4 Å². The summed E-state index contributed by atoms with van der Waals surface area (Å²) in [5, 5.41) is 3.00. The Kier molecular flexibility index (Phi) is 5.58. The summed E-state index contributed by atoms with van der Waals surface area (Å²) < 4.78 is 37.9. The molecule has 0 bridgehead atoms. The molecule has 1 aliphatic heterocycles. The normalized spacial score (nSPS) is 18.9. The second kappa shape index (κ2) is 7.22. The van der Waals surface area contributed by atoms with Crippen LogP contribution in [0.15, 0.2) is 23.1 Å². The fourth-order valence-electron chi connectivity index (χ4n) is 2.34. The minimum absolute atomic E-state index is 0.0187. The molecule has 1 aromatic carbocycles. The van der Waals surface area contributed by atoms with Crippen LogP contribution in [-0.2, 0) is 21.3 Å². The maximum absolute atomic E-state index is 12.3. The lowest BCUT2D eigenvalue weighted by Crippen LogP contribution is -2.31. The van der Waals surface area contributed by atoms with Gasteiger partial charge in [-0.05, 0) is 38.1 Å². The number of sulfonamides is 1. The Labute approximate surface area is 125 Å². The Bertz CT molecular complexity index is 568. The average molecular weight is 314 g/mol. The van der Waals surface area contributed by atoms with E-state index < -0.39 is 10.0 Å². The summed E-state index contributed by atoms with van der Waals surface area (Å²) in [5.41, 5.74) is 0.806. The van der Waals surface area contributed by atoms with Gasteiger partial charge >= 0.3 is 0 Å². The van der Waals surface area contributed by atoms with Gasteiger partial charge in [-0.25, -0.2) is 13.1 Å². The molecule has 1 aromatic rings. The van der Waals surface area contributed by atoms with Gasteiger partial charge in [0.05, 0.1) is 18.1 Å². The van der Waals surface area contributed by atoms with Gasteiger partial charge in [-0.3, -0.25) is 0 Å². The van der Waals surface area contributed by atoms with Crippen molar-refractivity contribution >= 4 is 10.0 Å². The molecule has 2 rings (SSSR count). The third kappa shape index (κ3) is 4.16. The summed E-state index contributed by atoms with van der Waals surface area (Å²) in [5.74, 6) is 0.669. The highest BCUT2D eigenvalue weighted by molar-refractivity contribution is 7.89. The number of ether oxygens (including phenoxy) is 2. The minimum Gasteiger partial charge on any atom is -0.496 e. The summed E-state index contributed by atoms with van der Waals surface area (Å²) in [6.45, 7) is 1.56. The van der Waals surface area contributed by atoms with Gasteiger partial charge in [-0.1, -0.05) is 0 Å². The number of benzene rings is 1. The van der Waals surface area contributed by atoms with Gasteiger partial charge in [0.15, 0.2) is 0 Å². The maximum Gasteiger partial charge on any atom is 0.240 e. The molecule has 6 nitrogen and oxygen atoms in total. The molecule has 21 heavy (non-hydrogen) atoms. The largest absolute Gasteiger partial charge is 0.496 e. The van der Waals surface area contributed by atoms with E-state index in [1.807, 2.05) is 0 Å². The van der Waals surface area contributed by atoms with Crippen LogP contribution in [0, 0.1) is 0 Å². The van der Waals surface area contributed by atoms with Crippen LogP contribution in [0.25, 0.3) is 0 Å². The van der Waals surface area contributed by atoms with E-state index in [-0.39, 0.29) is 11.0 Å². The highest BCUT2D eigenvalue weighted by atomic mass is 32.2. The third-order valence-electron chi connectivity index (χ3n) is 3.45. The van der Waals surface area contributed by atoms with Gasteiger partial charge in [0, 0.05) is 25.3 Å². The van der Waals surface area contributed by atoms with Crippen molar-refractivity contribution in [2.45, 2.75) is 30.4 Å². The Hall–Kier alpha value is -1.15. The van der Waals surface area contributed by atoms with Gasteiger partial charge in [-0.15, -0.1) is 0 Å². The molecule has 1 heterocycles. The van der Waals surface area contributed by atoms with E-state index >= 15 is 0 Å². The van der Waals surface area contributed by atoms with Crippen LogP contribution in [0.4, 0.5) is 0 Å². The highest BCUT2D eigenvalue weighted by Crippen LogP contribution is 2.22. The highest BCUT2D eigenvalue weighted by Gasteiger charge is 2.21. The first kappa shape index (κ1) is 16.2. The summed E-state index contributed by atoms with van der Waals surface area (Å²) in [7, 11) is -0.157. The maximum atomic E-state index is 12.3. The zero-order valence-corrected chi connectivity index (χ0v) is 13.2. The first-order chi connectivity index (χ1) is 10.1. The molecule has 1 saturated heterocycles. The molecular formula is C14H22N2O4S. The number of hydrogen-bond acceptors (Lipinski definition) is 5. The molecule has 1 aliphatic rings. The topological polar surface area (TPSA) is 76.7 Å². The van der Waals surface area contributed by atoms with Gasteiger partial charge in [0.25, 0.3) is 0 Å². The molecule has 0 aromatic heterocycles. The Morgan fingerprint density at radius 2 is 2.24 bits per heavy atom. The zero-order chi connectivity index (χ0) is 15.3. The first-order valence-corrected chi connectivity index (χ1v) is 8.48. The molecule has 1 unspecified atom stereocenters. The Morgan fingerprint density at radius 3 is 2.86 bits per heavy atom. The van der Waals surface area contributed by atoms with Crippen LogP contribution in [0.2, 0.25) is 0 Å². The molecule has 1 fully saturated rings. The minimum atomic E-state index is -3.53. The van der Waals surface area contributed by atoms with Crippen molar-refractivity contribution < 1.29 is 17.9 Å². The number of methoxy groups -OCH3 is 1. The summed E-state index contributed by atoms with van der Waals surface area (Å²) in [4.78, 5) is 0.242. The smallest absolute Gasteiger partial charge is 0.240 e. The van der Waals surface area contributed by atoms with E-state index in [1.165, 1.54) is 0 Å². The van der Waals surface area contributed by atoms with Crippen molar-refractivity contribution in [3.63, 3.8) is 0 Å². The van der Waals surface area contributed by atoms with Crippen molar-refractivity contribution in [3.8, 4) is 5.75 Å². The third-order valence-corrected chi connectivity index (χ3v) is 4.88. The van der Waals surface area contributed by atoms with Crippen molar-refractivity contribution in [3.05, 3.63) is 23.8 Å². The van der Waals surface area contributed by atoms with E-state index in [0.29, 0.717) is 25.4 Å². The average Bonchev–Trinajstić information content (AvgIpc) is 2.99. The van der Waals surface area contributed by atoms with E-state index in [2.05, 4.69) is 10.0 Å². The molecule has 2 N–H and O–H groups in total. The lowest BCUT2D eigenvalue weighted by molar-refractivity contribution is 0.114. The number of rotatable bonds is 7. The second-order valence-corrected chi connectivity index (χ2v) is 6.76. The fraction of sp³-hybridized carbons (Fsp3) is 0.571. The van der Waals surface area contributed by atoms with Gasteiger partial charge in [0.1, 0.15) is 5.75 Å². The predicted octanol–water partition coefficient (Wildman–Crippen LogP) is 0.872. The SMILES string of the molecule is CNCc1cc(S(=O)(=O)NCC2CCCO2)ccc1OC. The van der Waals surface area contributed by atoms with Gasteiger partial charge < -0.3 is 14.8 Å². The lowest BCUT2D eigenvalue weighted by atomic mass is 10.2. The molecule has 0 aliphatic carbocycles. The van der Waals surface area contributed by atoms with E-state index in [9.17, 15) is 8.42 Å². The van der Waals surface area contributed by atoms with Crippen LogP contribution in [0.3, 0.4) is 0 Å². The molecule has 0 spiro atoms. The monoisotopic (exact) mass is 314 g/mol. The van der Waals surface area contributed by atoms with Crippen LogP contribution < -0.4 is 14.8 Å². The van der Waals surface area contributed by atoms with E-state index in [4.69, 9.17) is 9.47 Å². The van der Waals surface area contributed by atoms with Crippen LogP contribution in [-0.4, -0.2) is 41.8 Å². The first-order valence-electron chi connectivity index (χ1n) is 6.99. The van der Waals surface area contributed by atoms with Crippen molar-refractivity contribution in [2.75, 3.05) is 27.3 Å². The predicted molar refractivity (Wildman–Crippen MR) is 79.9 cm³/mol. The Balaban J connectivity index is 2.12. The van der Waals surface area contributed by atoms with Crippen molar-refractivity contribution in [1.82, 2.24) is 10.0 Å². The van der Waals surface area contributed by atoms with Crippen LogP contribution in [0.5, 0.6) is 5.75 Å². The molecule has 7 heteroatoms. The van der Waals surface area contributed by atoms with Crippen molar-refractivity contribution in [1.29, 1.82) is 0 Å². The Morgan fingerprint density at radius 1 is 1.43 bits per heavy atom. The van der Waals surface area contributed by atoms with Crippen LogP contribution in [0.1, 0.15) is 18.4 Å².